The van der Waals surface area contributed by atoms with Gasteiger partial charge in [0.2, 0.25) is 0 Å². The van der Waals surface area contributed by atoms with Gasteiger partial charge in [-0.05, 0) is 44.2 Å². The van der Waals surface area contributed by atoms with E-state index >= 15 is 0 Å². The Morgan fingerprint density at radius 1 is 0.875 bits per heavy atom. The first-order valence-electron chi connectivity index (χ1n) is 12.0. The fourth-order valence-electron chi connectivity index (χ4n) is 3.65. The van der Waals surface area contributed by atoms with Gasteiger partial charge >= 0.3 is 29.6 Å². The van der Waals surface area contributed by atoms with Crippen LogP contribution in [0.2, 0.25) is 0 Å². The quantitative estimate of drug-likeness (QED) is 0.141. The summed E-state index contributed by atoms with van der Waals surface area (Å²) in [4.78, 5) is -0.253. The minimum Gasteiger partial charge on any atom is -0.744 e. The standard InChI is InChI=1S/C25H43NO4S.Na/c1-3-4-5-6-7-8-9-10-11-12-13-14-15-16-17-18-22-26-25-23(30-2)20-19-21-24(25)31(27,28)29;/h10-11,19-21,26H,3-9,12-18,22H2,1-2H3,(H,27,28,29);/q;+1/p-1. The summed E-state index contributed by atoms with van der Waals surface area (Å²) in [6.45, 7) is 2.87. The fourth-order valence-corrected chi connectivity index (χ4v) is 4.32. The molecule has 0 saturated carbocycles. The second kappa shape index (κ2) is 19.9. The van der Waals surface area contributed by atoms with Crippen molar-refractivity contribution in [2.24, 2.45) is 0 Å². The third-order valence-corrected chi connectivity index (χ3v) is 6.35. The van der Waals surface area contributed by atoms with Crippen LogP contribution in [-0.2, 0) is 10.1 Å². The number of nitrogens with one attached hydrogen (secondary N) is 1. The van der Waals surface area contributed by atoms with E-state index in [0.29, 0.717) is 12.3 Å². The van der Waals surface area contributed by atoms with Crippen molar-refractivity contribution in [3.63, 3.8) is 0 Å². The fraction of sp³-hybridized carbons (Fsp3) is 0.680. The van der Waals surface area contributed by atoms with Gasteiger partial charge in [-0.15, -0.1) is 0 Å². The molecular weight excluding hydrogens is 433 g/mol. The number of benzene rings is 1. The minimum atomic E-state index is -4.54. The summed E-state index contributed by atoms with van der Waals surface area (Å²) in [6, 6.07) is 4.48. The maximum Gasteiger partial charge on any atom is 1.00 e. The van der Waals surface area contributed by atoms with Gasteiger partial charge in [-0.1, -0.05) is 82.9 Å². The van der Waals surface area contributed by atoms with Gasteiger partial charge in [0.1, 0.15) is 15.9 Å². The molecule has 0 atom stereocenters. The van der Waals surface area contributed by atoms with Gasteiger partial charge in [-0.25, -0.2) is 8.42 Å². The Morgan fingerprint density at radius 2 is 1.41 bits per heavy atom. The molecule has 0 fully saturated rings. The molecule has 0 aliphatic heterocycles. The molecule has 0 radical (unpaired) electrons. The van der Waals surface area contributed by atoms with Crippen molar-refractivity contribution < 1.29 is 47.3 Å². The monoisotopic (exact) mass is 475 g/mol. The molecule has 0 bridgehead atoms. The van der Waals surface area contributed by atoms with Crippen molar-refractivity contribution in [2.75, 3.05) is 19.0 Å². The molecule has 0 heterocycles. The molecule has 1 aromatic rings. The molecular formula is C25H42NNaO4S. The van der Waals surface area contributed by atoms with E-state index in [1.807, 2.05) is 0 Å². The Morgan fingerprint density at radius 3 is 1.94 bits per heavy atom. The number of anilines is 1. The topological polar surface area (TPSA) is 78.5 Å². The van der Waals surface area contributed by atoms with Crippen molar-refractivity contribution in [3.8, 4) is 5.75 Å². The number of unbranched alkanes of at least 4 members (excludes halogenated alkanes) is 12. The Hall–Kier alpha value is -0.530. The largest absolute Gasteiger partial charge is 1.00 e. The van der Waals surface area contributed by atoms with Crippen molar-refractivity contribution in [3.05, 3.63) is 30.4 Å². The molecule has 1 aromatic carbocycles. The maximum absolute atomic E-state index is 11.4. The number of para-hydroxylation sites is 1. The predicted octanol–water partition coefficient (Wildman–Crippen LogP) is 4.05. The summed E-state index contributed by atoms with van der Waals surface area (Å²) < 4.78 is 39.5. The van der Waals surface area contributed by atoms with Crippen LogP contribution in [0.1, 0.15) is 96.8 Å². The number of allylic oxidation sites excluding steroid dienone is 2. The van der Waals surface area contributed by atoms with E-state index in [-0.39, 0.29) is 40.1 Å². The number of hydrogen-bond acceptors (Lipinski definition) is 5. The average Bonchev–Trinajstić information content (AvgIpc) is 2.75. The molecule has 32 heavy (non-hydrogen) atoms. The first kappa shape index (κ1) is 31.5. The molecule has 1 N–H and O–H groups in total. The zero-order valence-corrected chi connectivity index (χ0v) is 23.4. The molecule has 0 spiro atoms. The summed E-state index contributed by atoms with van der Waals surface area (Å²) in [6.07, 6.45) is 22.1. The summed E-state index contributed by atoms with van der Waals surface area (Å²) in [5, 5.41) is 3.08. The van der Waals surface area contributed by atoms with Crippen LogP contribution in [0.5, 0.6) is 5.75 Å². The second-order valence-electron chi connectivity index (χ2n) is 8.15. The second-order valence-corrected chi connectivity index (χ2v) is 9.50. The summed E-state index contributed by atoms with van der Waals surface area (Å²) in [5.41, 5.74) is 0.271. The molecule has 0 saturated heterocycles. The Balaban J connectivity index is 0.00000961. The van der Waals surface area contributed by atoms with Gasteiger partial charge in [0.25, 0.3) is 0 Å². The van der Waals surface area contributed by atoms with Crippen LogP contribution in [0.3, 0.4) is 0 Å². The van der Waals surface area contributed by atoms with Gasteiger partial charge in [-0.2, -0.15) is 0 Å². The van der Waals surface area contributed by atoms with E-state index in [4.69, 9.17) is 4.74 Å². The number of ether oxygens (including phenoxy) is 1. The number of rotatable bonds is 19. The van der Waals surface area contributed by atoms with Gasteiger partial charge in [0.15, 0.2) is 0 Å². The first-order chi connectivity index (χ1) is 15.0. The average molecular weight is 476 g/mol. The summed E-state index contributed by atoms with van der Waals surface area (Å²) in [5.74, 6) is 0.376. The molecule has 0 amide bonds. The van der Waals surface area contributed by atoms with Crippen LogP contribution in [0, 0.1) is 0 Å². The van der Waals surface area contributed by atoms with E-state index in [1.54, 1.807) is 6.07 Å². The smallest absolute Gasteiger partial charge is 0.744 e. The van der Waals surface area contributed by atoms with Crippen LogP contribution in [0.4, 0.5) is 5.69 Å². The SMILES string of the molecule is CCCCCCCCC=CCCCCCCCCNc1c(OC)cccc1S(=O)(=O)[O-].[Na+]. The molecule has 1 rings (SSSR count). The van der Waals surface area contributed by atoms with E-state index < -0.39 is 10.1 Å². The van der Waals surface area contributed by atoms with Crippen LogP contribution >= 0.6 is 0 Å². The molecule has 0 unspecified atom stereocenters. The van der Waals surface area contributed by atoms with Gasteiger partial charge < -0.3 is 14.6 Å². The zero-order valence-electron chi connectivity index (χ0n) is 20.5. The van der Waals surface area contributed by atoms with Crippen LogP contribution in [-0.4, -0.2) is 26.6 Å². The van der Waals surface area contributed by atoms with E-state index in [9.17, 15) is 13.0 Å². The maximum atomic E-state index is 11.4. The molecule has 0 aliphatic rings. The zero-order chi connectivity index (χ0) is 22.8. The number of methoxy groups -OCH3 is 1. The van der Waals surface area contributed by atoms with Gasteiger partial charge in [-0.3, -0.25) is 0 Å². The van der Waals surface area contributed by atoms with Gasteiger partial charge in [0, 0.05) is 6.54 Å². The molecule has 178 valence electrons. The Bertz CT molecular complexity index is 723. The summed E-state index contributed by atoms with van der Waals surface area (Å²) >= 11 is 0. The minimum absolute atomic E-state index is 0. The Labute approximate surface area is 218 Å². The summed E-state index contributed by atoms with van der Waals surface area (Å²) in [7, 11) is -3.07. The third kappa shape index (κ3) is 14.6. The van der Waals surface area contributed by atoms with Crippen LogP contribution in [0.15, 0.2) is 35.2 Å². The normalized spacial score (nSPS) is 11.5. The van der Waals surface area contributed by atoms with Gasteiger partial charge in [0.05, 0.1) is 17.7 Å². The predicted molar refractivity (Wildman–Crippen MR) is 129 cm³/mol. The molecule has 7 heteroatoms. The van der Waals surface area contributed by atoms with Crippen molar-refractivity contribution in [1.82, 2.24) is 0 Å². The van der Waals surface area contributed by atoms with Crippen molar-refractivity contribution >= 4 is 15.8 Å². The van der Waals surface area contributed by atoms with E-state index in [0.717, 1.165) is 12.8 Å². The van der Waals surface area contributed by atoms with Crippen molar-refractivity contribution in [1.29, 1.82) is 0 Å². The Kier molecular flexibility index (Phi) is 19.6. The van der Waals surface area contributed by atoms with Crippen molar-refractivity contribution in [2.45, 2.75) is 102 Å². The van der Waals surface area contributed by atoms with Crippen LogP contribution < -0.4 is 39.6 Å². The first-order valence-corrected chi connectivity index (χ1v) is 13.4. The molecule has 0 aromatic heterocycles. The third-order valence-electron chi connectivity index (χ3n) is 5.47. The number of hydrogen-bond donors (Lipinski definition) is 1. The van der Waals surface area contributed by atoms with E-state index in [2.05, 4.69) is 24.4 Å². The molecule has 5 nitrogen and oxygen atoms in total. The molecule has 0 aliphatic carbocycles. The van der Waals surface area contributed by atoms with Crippen LogP contribution in [0.25, 0.3) is 0 Å². The van der Waals surface area contributed by atoms with E-state index in [1.165, 1.54) is 96.3 Å².